The molecule has 0 atom stereocenters. The van der Waals surface area contributed by atoms with Gasteiger partial charge in [-0.25, -0.2) is 0 Å². The molecule has 0 aliphatic rings. The van der Waals surface area contributed by atoms with Gasteiger partial charge in [0.05, 0.1) is 44.4 Å². The third-order valence-corrected chi connectivity index (χ3v) is 19.6. The molecule has 0 amide bonds. The molecule has 9 aromatic carbocycles. The fraction of sp³-hybridized carbons (Fsp3) is 0.247. The third kappa shape index (κ3) is 11.2. The molecule has 0 aliphatic carbocycles. The van der Waals surface area contributed by atoms with E-state index >= 15 is 0 Å². The molecule has 81 heavy (non-hydrogen) atoms. The first kappa shape index (κ1) is 49.7. The summed E-state index contributed by atoms with van der Waals surface area (Å²) >= 11 is 0. The predicted octanol–water partition coefficient (Wildman–Crippen LogP) is 19.2. The number of hydrogen-bond donors (Lipinski definition) is 0. The van der Waals surface area contributed by atoms with Gasteiger partial charge in [-0.05, 0) is 116 Å². The number of fused-ring (bicyclic) bond motifs is 7. The van der Waals surface area contributed by atoms with E-state index < -0.39 is 29.9 Å². The van der Waals surface area contributed by atoms with Gasteiger partial charge in [0.2, 0.25) is 0 Å². The van der Waals surface area contributed by atoms with Crippen LogP contribution in [0.5, 0.6) is 0 Å². The van der Waals surface area contributed by atoms with E-state index in [2.05, 4.69) is 224 Å². The van der Waals surface area contributed by atoms with Crippen molar-refractivity contribution in [1.82, 2.24) is 19.5 Å². The van der Waals surface area contributed by atoms with E-state index in [1.54, 1.807) is 30.5 Å². The molecule has 3 aromatic heterocycles. The Morgan fingerprint density at radius 2 is 1.26 bits per heavy atom. The van der Waals surface area contributed by atoms with E-state index in [4.69, 9.17) is 17.6 Å². The van der Waals surface area contributed by atoms with Crippen molar-refractivity contribution in [2.24, 2.45) is 0 Å². The molecule has 8 heteroatoms. The summed E-state index contributed by atoms with van der Waals surface area (Å²) in [5.74, 6) is 1.33. The van der Waals surface area contributed by atoms with Crippen LogP contribution in [0.3, 0.4) is 0 Å². The van der Waals surface area contributed by atoms with Gasteiger partial charge in [0.25, 0.3) is 0 Å². The number of nitrogens with zero attached hydrogens (tertiary/aromatic N) is 4. The molecule has 0 fully saturated rings. The van der Waals surface area contributed by atoms with Crippen LogP contribution < -0.4 is 10.4 Å². The quantitative estimate of drug-likeness (QED) is 0.0821. The molecule has 0 N–H and O–H groups in total. The summed E-state index contributed by atoms with van der Waals surface area (Å²) in [5.41, 5.74) is 13.4. The fourth-order valence-electron chi connectivity index (χ4n) is 10.9. The number of imidazole rings is 1. The third-order valence-electron chi connectivity index (χ3n) is 15.5. The maximum absolute atomic E-state index is 8.82. The summed E-state index contributed by atoms with van der Waals surface area (Å²) in [4.78, 5) is 14.1. The van der Waals surface area contributed by atoms with Gasteiger partial charge in [-0.2, -0.15) is 0 Å². The van der Waals surface area contributed by atoms with Crippen LogP contribution in [0.4, 0.5) is 0 Å². The fourth-order valence-corrected chi connectivity index (χ4v) is 13.4. The number of hydrogen-bond acceptors (Lipinski definition) is 4. The molecular formula is C73H74IrN4OSi2-2. The number of furan rings is 1. The van der Waals surface area contributed by atoms with Crippen LogP contribution in [-0.4, -0.2) is 35.7 Å². The summed E-state index contributed by atoms with van der Waals surface area (Å²) in [6.07, 6.45) is 1.72. The van der Waals surface area contributed by atoms with Crippen molar-refractivity contribution in [3.8, 4) is 50.7 Å². The van der Waals surface area contributed by atoms with Crippen LogP contribution in [0.2, 0.25) is 39.3 Å². The van der Waals surface area contributed by atoms with Gasteiger partial charge in [-0.3, -0.25) is 15.0 Å². The Morgan fingerprint density at radius 3 is 1.88 bits per heavy atom. The minimum Gasteiger partial charge on any atom is -0.501 e. The minimum atomic E-state index is -2.39. The maximum atomic E-state index is 8.82. The van der Waals surface area contributed by atoms with Crippen LogP contribution in [0.15, 0.2) is 168 Å². The summed E-state index contributed by atoms with van der Waals surface area (Å²) in [5, 5.41) is 9.60. The molecule has 5 nitrogen and oxygen atoms in total. The second-order valence-corrected chi connectivity index (χ2v) is 35.3. The van der Waals surface area contributed by atoms with Crippen molar-refractivity contribution in [1.29, 1.82) is 0 Å². The first-order valence-electron chi connectivity index (χ1n) is 31.0. The predicted molar refractivity (Wildman–Crippen MR) is 347 cm³/mol. The van der Waals surface area contributed by atoms with Crippen LogP contribution in [0, 0.1) is 25.8 Å². The van der Waals surface area contributed by atoms with Gasteiger partial charge < -0.3 is 8.98 Å². The Labute approximate surface area is 503 Å². The standard InChI is InChI=1S/C58H57N2OSi2.C15H17N2.Ir/c1-35(2)49-31-43(39-24-22-38(23-25-39)42-28-44(62(6,7)8)33-45(29-42)63(9,10)11)32-50(36(3)4)56(49)60-55-37(5)16-14-21-53(55)59-58(60)48-20-15-19-47-52-30-41-27-26-40-17-12-13-18-46(40)51(41)34-54(52)61-57(47)48;1-11-5-7-12(8-6-11)14-16-10-9-13(17-14)15(2,3)4;/h12-19,21-36H,1-11H3;5-7,9-10H,1-4H3;/q2*-1;/i5D3;1D3;. The molecule has 12 rings (SSSR count). The molecule has 0 bridgehead atoms. The van der Waals surface area contributed by atoms with E-state index in [1.807, 2.05) is 18.2 Å². The molecule has 0 saturated heterocycles. The molecule has 0 aliphatic heterocycles. The van der Waals surface area contributed by atoms with Gasteiger partial charge >= 0.3 is 0 Å². The summed E-state index contributed by atoms with van der Waals surface area (Å²) in [6.45, 7) is 25.3. The van der Waals surface area contributed by atoms with Gasteiger partial charge in [-0.15, -0.1) is 53.6 Å². The van der Waals surface area contributed by atoms with Gasteiger partial charge in [-0.1, -0.05) is 207 Å². The summed E-state index contributed by atoms with van der Waals surface area (Å²) in [7, 11) is -3.11. The van der Waals surface area contributed by atoms with E-state index in [9.17, 15) is 0 Å². The van der Waals surface area contributed by atoms with Gasteiger partial charge in [0.15, 0.2) is 0 Å². The van der Waals surface area contributed by atoms with Crippen molar-refractivity contribution < 1.29 is 32.7 Å². The average molecular weight is 1280 g/mol. The zero-order valence-corrected chi connectivity index (χ0v) is 53.2. The second kappa shape index (κ2) is 22.0. The molecule has 0 spiro atoms. The minimum absolute atomic E-state index is 0. The number of rotatable bonds is 9. The van der Waals surface area contributed by atoms with Crippen LogP contribution in [0.25, 0.3) is 105 Å². The molecular weight excluding hydrogens is 1200 g/mol. The van der Waals surface area contributed by atoms with Crippen molar-refractivity contribution in [3.63, 3.8) is 0 Å². The van der Waals surface area contributed by atoms with Crippen LogP contribution in [-0.2, 0) is 25.5 Å². The molecule has 0 saturated carbocycles. The van der Waals surface area contributed by atoms with Crippen molar-refractivity contribution in [2.75, 3.05) is 0 Å². The van der Waals surface area contributed by atoms with Crippen molar-refractivity contribution in [3.05, 3.63) is 204 Å². The van der Waals surface area contributed by atoms with Crippen molar-refractivity contribution >= 4 is 81.0 Å². The number of benzene rings is 9. The number of para-hydroxylation sites is 1. The smallest absolute Gasteiger partial charge is 0.121 e. The molecule has 411 valence electrons. The van der Waals surface area contributed by atoms with E-state index in [-0.39, 0.29) is 48.5 Å². The summed E-state index contributed by atoms with van der Waals surface area (Å²) < 4.78 is 57.5. The first-order chi connectivity index (χ1) is 40.4. The van der Waals surface area contributed by atoms with E-state index in [0.29, 0.717) is 39.4 Å². The largest absolute Gasteiger partial charge is 0.501 e. The Hall–Kier alpha value is -7.07. The van der Waals surface area contributed by atoms with E-state index in [0.717, 1.165) is 60.8 Å². The topological polar surface area (TPSA) is 56.7 Å². The number of aryl methyl sites for hydroxylation is 2. The Balaban J connectivity index is 0.000000339. The van der Waals surface area contributed by atoms with E-state index in [1.165, 1.54) is 38.3 Å². The van der Waals surface area contributed by atoms with Crippen LogP contribution >= 0.6 is 0 Å². The number of aromatic nitrogens is 4. The zero-order valence-electron chi connectivity index (χ0n) is 54.8. The molecule has 3 heterocycles. The van der Waals surface area contributed by atoms with Crippen LogP contribution in [0.1, 0.15) is 96.5 Å². The van der Waals surface area contributed by atoms with Gasteiger partial charge in [0.1, 0.15) is 5.58 Å². The Morgan fingerprint density at radius 1 is 0.593 bits per heavy atom. The Kier molecular flexibility index (Phi) is 13.5. The second-order valence-electron chi connectivity index (χ2n) is 25.2. The molecule has 0 unspecified atom stereocenters. The zero-order chi connectivity index (χ0) is 61.6. The monoisotopic (exact) mass is 1280 g/mol. The Bertz CT molecular complexity index is 4500. The SMILES string of the molecule is [2H]C([2H])([2H])c1c[c-]c(-c2nccc(C(C)(C)C)n2)cc1.[2H]C([2H])([2H])c1cccc2nc(-c3[c-]ccc4c3oc3cc5c(ccc6ccccc65)cc34)n(-c3c(C(C)C)cc(-c4ccc(-c5cc([Si](C)(C)C)cc([Si](C)(C)C)c5)cc4)cc3C(C)C)c12.[Ir]. The summed E-state index contributed by atoms with van der Waals surface area (Å²) in [6, 6.07) is 60.8. The normalized spacial score (nSPS) is 13.7. The molecule has 12 aromatic rings. The molecule has 1 radical (unpaired) electrons. The maximum Gasteiger partial charge on any atom is 0.121 e. The average Bonchev–Trinajstić information content (AvgIpc) is 1.66. The van der Waals surface area contributed by atoms with Gasteiger partial charge in [0, 0.05) is 56.7 Å². The first-order valence-corrected chi connectivity index (χ1v) is 35.0. The van der Waals surface area contributed by atoms with Crippen molar-refractivity contribution in [2.45, 2.75) is 119 Å².